The summed E-state index contributed by atoms with van der Waals surface area (Å²) in [5.74, 6) is 0.825. The molecule has 0 radical (unpaired) electrons. The number of aliphatic hydroxyl groups excluding tert-OH is 2. The van der Waals surface area contributed by atoms with Crippen LogP contribution in [-0.2, 0) is 4.79 Å². The number of amides is 1. The largest absolute Gasteiger partial charge is 0.490 e. The Kier molecular flexibility index (Phi) is 7.34. The van der Waals surface area contributed by atoms with Crippen LogP contribution in [0.15, 0.2) is 34.9 Å². The Morgan fingerprint density at radius 1 is 1.16 bits per heavy atom. The third-order valence-electron chi connectivity index (χ3n) is 4.89. The van der Waals surface area contributed by atoms with Crippen LogP contribution < -0.4 is 10.1 Å². The number of aldehydes is 1. The summed E-state index contributed by atoms with van der Waals surface area (Å²) in [6, 6.07) is 9.01. The van der Waals surface area contributed by atoms with Crippen LogP contribution in [0.5, 0.6) is 5.75 Å². The molecular formula is C23H25N3O6. The van der Waals surface area contributed by atoms with Gasteiger partial charge in [-0.05, 0) is 61.7 Å². The average molecular weight is 439 g/mol. The molecule has 3 rings (SSSR count). The highest BCUT2D eigenvalue weighted by molar-refractivity contribution is 5.79. The lowest BCUT2D eigenvalue weighted by Gasteiger charge is -2.16. The van der Waals surface area contributed by atoms with Gasteiger partial charge in [0.2, 0.25) is 11.7 Å². The Morgan fingerprint density at radius 2 is 1.84 bits per heavy atom. The van der Waals surface area contributed by atoms with Crippen molar-refractivity contribution in [2.75, 3.05) is 19.8 Å². The van der Waals surface area contributed by atoms with Gasteiger partial charge in [-0.3, -0.25) is 9.59 Å². The fourth-order valence-corrected chi connectivity index (χ4v) is 3.23. The van der Waals surface area contributed by atoms with Gasteiger partial charge in [0.25, 0.3) is 5.89 Å². The monoisotopic (exact) mass is 439 g/mol. The van der Waals surface area contributed by atoms with Gasteiger partial charge in [-0.25, -0.2) is 0 Å². The molecule has 0 saturated heterocycles. The van der Waals surface area contributed by atoms with Crippen LogP contribution >= 0.6 is 0 Å². The molecule has 0 bridgehead atoms. The second-order valence-electron chi connectivity index (χ2n) is 7.48. The van der Waals surface area contributed by atoms with Gasteiger partial charge in [-0.1, -0.05) is 11.2 Å². The van der Waals surface area contributed by atoms with Crippen LogP contribution in [0.4, 0.5) is 0 Å². The Bertz CT molecular complexity index is 1100. The Balaban J connectivity index is 1.73. The normalized spacial score (nSPS) is 11.8. The molecular weight excluding hydrogens is 414 g/mol. The van der Waals surface area contributed by atoms with Crippen LogP contribution in [0.25, 0.3) is 22.8 Å². The second kappa shape index (κ2) is 10.2. The molecule has 1 aromatic heterocycles. The van der Waals surface area contributed by atoms with Crippen molar-refractivity contribution in [3.8, 4) is 28.6 Å². The summed E-state index contributed by atoms with van der Waals surface area (Å²) in [6.07, 6.45) is -0.115. The third-order valence-corrected chi connectivity index (χ3v) is 4.89. The molecule has 1 unspecified atom stereocenters. The van der Waals surface area contributed by atoms with Crippen molar-refractivity contribution < 1.29 is 29.1 Å². The fourth-order valence-electron chi connectivity index (χ4n) is 3.23. The summed E-state index contributed by atoms with van der Waals surface area (Å²) in [6.45, 7) is 4.91. The van der Waals surface area contributed by atoms with Crippen LogP contribution in [0.2, 0.25) is 0 Å². The van der Waals surface area contributed by atoms with E-state index in [0.29, 0.717) is 23.0 Å². The topological polar surface area (TPSA) is 135 Å². The van der Waals surface area contributed by atoms with E-state index in [9.17, 15) is 14.7 Å². The number of aliphatic hydroxyl groups is 2. The zero-order valence-electron chi connectivity index (χ0n) is 18.1. The number of hydrogen-bond acceptors (Lipinski definition) is 8. The SMILES string of the molecule is Cc1cc(-c2nc(-c3cc(C)c(OCC(O)CNC(=O)CO)c(C)c3)no2)ccc1C=O. The molecule has 9 nitrogen and oxygen atoms in total. The molecule has 1 amide bonds. The van der Waals surface area contributed by atoms with Crippen molar-refractivity contribution in [1.29, 1.82) is 0 Å². The quantitative estimate of drug-likeness (QED) is 0.431. The Hall–Kier alpha value is -3.56. The summed E-state index contributed by atoms with van der Waals surface area (Å²) >= 11 is 0. The Labute approximate surface area is 185 Å². The molecule has 168 valence electrons. The number of nitrogens with zero attached hydrogens (tertiary/aromatic N) is 2. The molecule has 0 aliphatic rings. The van der Waals surface area contributed by atoms with E-state index < -0.39 is 18.6 Å². The summed E-state index contributed by atoms with van der Waals surface area (Å²) in [5, 5.41) is 25.1. The van der Waals surface area contributed by atoms with Crippen molar-refractivity contribution in [2.24, 2.45) is 0 Å². The van der Waals surface area contributed by atoms with E-state index in [0.717, 1.165) is 34.1 Å². The highest BCUT2D eigenvalue weighted by Gasteiger charge is 2.16. The smallest absolute Gasteiger partial charge is 0.258 e. The predicted molar refractivity (Wildman–Crippen MR) is 116 cm³/mol. The maximum Gasteiger partial charge on any atom is 0.258 e. The van der Waals surface area contributed by atoms with Crippen LogP contribution in [0, 0.1) is 20.8 Å². The maximum absolute atomic E-state index is 11.1. The number of hydrogen-bond donors (Lipinski definition) is 3. The lowest BCUT2D eigenvalue weighted by molar-refractivity contribution is -0.124. The first kappa shape index (κ1) is 23.1. The summed E-state index contributed by atoms with van der Waals surface area (Å²) in [7, 11) is 0. The van der Waals surface area contributed by atoms with Gasteiger partial charge in [0, 0.05) is 23.2 Å². The molecule has 0 fully saturated rings. The van der Waals surface area contributed by atoms with Crippen molar-refractivity contribution in [2.45, 2.75) is 26.9 Å². The number of aromatic nitrogens is 2. The number of aryl methyl sites for hydroxylation is 3. The van der Waals surface area contributed by atoms with Crippen LogP contribution in [0.1, 0.15) is 27.0 Å². The van der Waals surface area contributed by atoms with Crippen LogP contribution in [-0.4, -0.2) is 58.4 Å². The summed E-state index contributed by atoms with van der Waals surface area (Å²) in [5.41, 5.74) is 4.55. The van der Waals surface area contributed by atoms with E-state index in [1.165, 1.54) is 0 Å². The number of benzene rings is 2. The highest BCUT2D eigenvalue weighted by Crippen LogP contribution is 2.30. The minimum Gasteiger partial charge on any atom is -0.490 e. The molecule has 9 heteroatoms. The second-order valence-corrected chi connectivity index (χ2v) is 7.48. The van der Waals surface area contributed by atoms with E-state index in [1.807, 2.05) is 39.0 Å². The van der Waals surface area contributed by atoms with Gasteiger partial charge >= 0.3 is 0 Å². The molecule has 1 atom stereocenters. The van der Waals surface area contributed by atoms with Crippen molar-refractivity contribution in [3.05, 3.63) is 52.6 Å². The van der Waals surface area contributed by atoms with E-state index in [2.05, 4.69) is 15.5 Å². The molecule has 32 heavy (non-hydrogen) atoms. The maximum atomic E-state index is 11.1. The van der Waals surface area contributed by atoms with Gasteiger partial charge in [0.15, 0.2) is 0 Å². The fraction of sp³-hybridized carbons (Fsp3) is 0.304. The van der Waals surface area contributed by atoms with E-state index in [1.54, 1.807) is 12.1 Å². The predicted octanol–water partition coefficient (Wildman–Crippen LogP) is 1.99. The van der Waals surface area contributed by atoms with Gasteiger partial charge in [-0.2, -0.15) is 4.98 Å². The molecule has 0 spiro atoms. The van der Waals surface area contributed by atoms with Gasteiger partial charge in [-0.15, -0.1) is 0 Å². The molecule has 3 aromatic rings. The first-order chi connectivity index (χ1) is 15.3. The third kappa shape index (κ3) is 5.37. The first-order valence-electron chi connectivity index (χ1n) is 10.0. The van der Waals surface area contributed by atoms with E-state index >= 15 is 0 Å². The Morgan fingerprint density at radius 3 is 2.47 bits per heavy atom. The molecule has 0 aliphatic carbocycles. The molecule has 3 N–H and O–H groups in total. The van der Waals surface area contributed by atoms with Crippen molar-refractivity contribution in [1.82, 2.24) is 15.5 Å². The number of carbonyl (C=O) groups is 2. The van der Waals surface area contributed by atoms with Gasteiger partial charge < -0.3 is 24.8 Å². The summed E-state index contributed by atoms with van der Waals surface area (Å²) in [4.78, 5) is 26.5. The molecule has 0 saturated carbocycles. The lowest BCUT2D eigenvalue weighted by atomic mass is 10.0. The molecule has 2 aromatic carbocycles. The minimum absolute atomic E-state index is 0.0186. The highest BCUT2D eigenvalue weighted by atomic mass is 16.5. The van der Waals surface area contributed by atoms with Gasteiger partial charge in [0.1, 0.15) is 31.4 Å². The summed E-state index contributed by atoms with van der Waals surface area (Å²) < 4.78 is 11.2. The average Bonchev–Trinajstić information content (AvgIpc) is 3.27. The number of ether oxygens (including phenoxy) is 1. The standard InChI is InChI=1S/C23H25N3O6/c1-13-6-16(4-5-17(13)10-27)23-25-22(26-32-23)18-7-14(2)21(15(3)8-18)31-12-19(29)9-24-20(30)11-28/h4-8,10,19,28-29H,9,11-12H2,1-3H3,(H,24,30). The zero-order chi connectivity index (χ0) is 23.3. The molecule has 0 aliphatic heterocycles. The van der Waals surface area contributed by atoms with E-state index in [4.69, 9.17) is 14.4 Å². The van der Waals surface area contributed by atoms with Crippen LogP contribution in [0.3, 0.4) is 0 Å². The number of carbonyl (C=O) groups excluding carboxylic acids is 2. The van der Waals surface area contributed by atoms with Crippen molar-refractivity contribution >= 4 is 12.2 Å². The molecule has 1 heterocycles. The van der Waals surface area contributed by atoms with Crippen molar-refractivity contribution in [3.63, 3.8) is 0 Å². The van der Waals surface area contributed by atoms with E-state index in [-0.39, 0.29) is 13.2 Å². The lowest BCUT2D eigenvalue weighted by Crippen LogP contribution is -2.36. The first-order valence-corrected chi connectivity index (χ1v) is 10.0. The zero-order valence-corrected chi connectivity index (χ0v) is 18.1. The van der Waals surface area contributed by atoms with Gasteiger partial charge in [0.05, 0.1) is 0 Å². The minimum atomic E-state index is -0.919. The number of nitrogens with one attached hydrogen (secondary N) is 1. The number of rotatable bonds is 9.